The number of amides is 2. The van der Waals surface area contributed by atoms with Crippen molar-refractivity contribution in [1.29, 1.82) is 0 Å². The summed E-state index contributed by atoms with van der Waals surface area (Å²) in [7, 11) is 0. The van der Waals surface area contributed by atoms with Crippen molar-refractivity contribution in [2.75, 3.05) is 6.79 Å². The molecule has 1 aliphatic rings. The minimum Gasteiger partial charge on any atom is -0.454 e. The van der Waals surface area contributed by atoms with Crippen LogP contribution in [0.2, 0.25) is 0 Å². The fraction of sp³-hybridized carbons (Fsp3) is 0.462. The highest BCUT2D eigenvalue weighted by molar-refractivity contribution is 5.88. The molecule has 0 radical (unpaired) electrons. The van der Waals surface area contributed by atoms with Crippen LogP contribution in [0, 0.1) is 6.92 Å². The van der Waals surface area contributed by atoms with Gasteiger partial charge in [-0.3, -0.25) is 9.59 Å². The second kappa shape index (κ2) is 11.0. The summed E-state index contributed by atoms with van der Waals surface area (Å²) in [6.07, 6.45) is 2.30. The van der Waals surface area contributed by atoms with Crippen molar-refractivity contribution in [1.82, 2.24) is 10.2 Å². The zero-order valence-corrected chi connectivity index (χ0v) is 19.5. The SMILES string of the molecule is CC[C@H](C)NC(=O)[C@H](CC)N(Cc1ccccc1C)C(=O)CCc1ccc2c(c1)OCO2. The molecule has 0 aliphatic carbocycles. The first-order chi connectivity index (χ1) is 15.4. The number of carbonyl (C=O) groups excluding carboxylic acids is 2. The molecule has 0 aromatic heterocycles. The van der Waals surface area contributed by atoms with E-state index in [9.17, 15) is 9.59 Å². The van der Waals surface area contributed by atoms with Crippen LogP contribution >= 0.6 is 0 Å². The fourth-order valence-electron chi connectivity index (χ4n) is 3.82. The van der Waals surface area contributed by atoms with E-state index in [1.807, 2.05) is 70.2 Å². The maximum atomic E-state index is 13.4. The highest BCUT2D eigenvalue weighted by atomic mass is 16.7. The van der Waals surface area contributed by atoms with Gasteiger partial charge >= 0.3 is 0 Å². The van der Waals surface area contributed by atoms with Crippen LogP contribution in [0.3, 0.4) is 0 Å². The molecule has 2 aromatic carbocycles. The molecule has 0 bridgehead atoms. The third-order valence-corrected chi connectivity index (χ3v) is 6.05. The molecule has 0 saturated carbocycles. The molecule has 0 spiro atoms. The maximum absolute atomic E-state index is 13.4. The quantitative estimate of drug-likeness (QED) is 0.598. The lowest BCUT2D eigenvalue weighted by molar-refractivity contribution is -0.141. The zero-order chi connectivity index (χ0) is 23.1. The van der Waals surface area contributed by atoms with Gasteiger partial charge in [0.2, 0.25) is 18.6 Å². The highest BCUT2D eigenvalue weighted by Crippen LogP contribution is 2.32. The molecule has 1 aliphatic heterocycles. The van der Waals surface area contributed by atoms with Gasteiger partial charge in [0.05, 0.1) is 0 Å². The summed E-state index contributed by atoms with van der Waals surface area (Å²) >= 11 is 0. The molecule has 0 fully saturated rings. The Morgan fingerprint density at radius 2 is 1.81 bits per heavy atom. The molecule has 1 N–H and O–H groups in total. The predicted octanol–water partition coefficient (Wildman–Crippen LogP) is 4.38. The van der Waals surface area contributed by atoms with Crippen LogP contribution in [-0.4, -0.2) is 35.6 Å². The molecule has 6 nitrogen and oxygen atoms in total. The van der Waals surface area contributed by atoms with Gasteiger partial charge in [-0.1, -0.05) is 44.2 Å². The summed E-state index contributed by atoms with van der Waals surface area (Å²) in [5.74, 6) is 1.32. The fourth-order valence-corrected chi connectivity index (χ4v) is 3.82. The first-order valence-corrected chi connectivity index (χ1v) is 11.5. The molecular formula is C26H34N2O4. The van der Waals surface area contributed by atoms with Gasteiger partial charge in [0.15, 0.2) is 11.5 Å². The summed E-state index contributed by atoms with van der Waals surface area (Å²) < 4.78 is 10.8. The molecule has 3 rings (SSSR count). The average molecular weight is 439 g/mol. The van der Waals surface area contributed by atoms with E-state index in [0.29, 0.717) is 31.6 Å². The lowest BCUT2D eigenvalue weighted by Crippen LogP contribution is -2.50. The monoisotopic (exact) mass is 438 g/mol. The van der Waals surface area contributed by atoms with E-state index in [2.05, 4.69) is 5.32 Å². The molecule has 2 atom stereocenters. The van der Waals surface area contributed by atoms with Gasteiger partial charge in [-0.15, -0.1) is 0 Å². The minimum atomic E-state index is -0.507. The zero-order valence-electron chi connectivity index (χ0n) is 19.5. The molecule has 2 amide bonds. The average Bonchev–Trinajstić information content (AvgIpc) is 3.26. The van der Waals surface area contributed by atoms with E-state index in [1.165, 1.54) is 0 Å². The number of nitrogens with one attached hydrogen (secondary N) is 1. The van der Waals surface area contributed by atoms with Crippen molar-refractivity contribution in [3.8, 4) is 11.5 Å². The van der Waals surface area contributed by atoms with Crippen LogP contribution in [0.4, 0.5) is 0 Å². The number of nitrogens with zero attached hydrogens (tertiary/aromatic N) is 1. The molecule has 32 heavy (non-hydrogen) atoms. The Hall–Kier alpha value is -3.02. The van der Waals surface area contributed by atoms with Gasteiger partial charge in [0.1, 0.15) is 6.04 Å². The number of fused-ring (bicyclic) bond motifs is 1. The second-order valence-electron chi connectivity index (χ2n) is 8.38. The lowest BCUT2D eigenvalue weighted by Gasteiger charge is -2.32. The maximum Gasteiger partial charge on any atom is 0.243 e. The van der Waals surface area contributed by atoms with Crippen LogP contribution in [0.25, 0.3) is 0 Å². The smallest absolute Gasteiger partial charge is 0.243 e. The molecule has 1 heterocycles. The summed E-state index contributed by atoms with van der Waals surface area (Å²) in [6.45, 7) is 8.65. The van der Waals surface area contributed by atoms with E-state index in [-0.39, 0.29) is 24.6 Å². The van der Waals surface area contributed by atoms with Gasteiger partial charge < -0.3 is 19.7 Å². The normalized spacial score (nSPS) is 14.0. The summed E-state index contributed by atoms with van der Waals surface area (Å²) in [5, 5.41) is 3.06. The van der Waals surface area contributed by atoms with E-state index in [0.717, 1.165) is 28.9 Å². The van der Waals surface area contributed by atoms with Crippen molar-refractivity contribution in [2.45, 2.75) is 72.0 Å². The standard InChI is InChI=1S/C26H34N2O4/c1-5-19(4)27-26(30)22(6-2)28(16-21-10-8-7-9-18(21)3)25(29)14-12-20-11-13-23-24(15-20)32-17-31-23/h7-11,13,15,19,22H,5-6,12,14,16-17H2,1-4H3,(H,27,30)/t19-,22-/m0/s1. The Labute approximate surface area is 190 Å². The number of ether oxygens (including phenoxy) is 2. The van der Waals surface area contributed by atoms with Gasteiger partial charge in [-0.25, -0.2) is 0 Å². The van der Waals surface area contributed by atoms with Gasteiger partial charge in [0.25, 0.3) is 0 Å². The van der Waals surface area contributed by atoms with Crippen LogP contribution in [0.5, 0.6) is 11.5 Å². The Bertz CT molecular complexity index is 943. The summed E-state index contributed by atoms with van der Waals surface area (Å²) in [4.78, 5) is 28.2. The van der Waals surface area contributed by atoms with Crippen molar-refractivity contribution >= 4 is 11.8 Å². The number of hydrogen-bond acceptors (Lipinski definition) is 4. The largest absolute Gasteiger partial charge is 0.454 e. The van der Waals surface area contributed by atoms with Crippen molar-refractivity contribution in [2.24, 2.45) is 0 Å². The van der Waals surface area contributed by atoms with E-state index >= 15 is 0 Å². The van der Waals surface area contributed by atoms with Gasteiger partial charge in [-0.2, -0.15) is 0 Å². The molecule has 2 aromatic rings. The van der Waals surface area contributed by atoms with E-state index < -0.39 is 6.04 Å². The second-order valence-corrected chi connectivity index (χ2v) is 8.38. The number of benzene rings is 2. The number of carbonyl (C=O) groups is 2. The number of aryl methyl sites for hydroxylation is 2. The number of hydrogen-bond donors (Lipinski definition) is 1. The Morgan fingerprint density at radius 1 is 1.06 bits per heavy atom. The van der Waals surface area contributed by atoms with E-state index in [4.69, 9.17) is 9.47 Å². The van der Waals surface area contributed by atoms with Crippen LogP contribution in [-0.2, 0) is 22.6 Å². The van der Waals surface area contributed by atoms with Crippen molar-refractivity contribution < 1.29 is 19.1 Å². The lowest BCUT2D eigenvalue weighted by atomic mass is 10.0. The van der Waals surface area contributed by atoms with Crippen LogP contribution in [0.15, 0.2) is 42.5 Å². The van der Waals surface area contributed by atoms with Crippen molar-refractivity contribution in [3.05, 3.63) is 59.2 Å². The third-order valence-electron chi connectivity index (χ3n) is 6.05. The van der Waals surface area contributed by atoms with Crippen LogP contribution in [0.1, 0.15) is 56.7 Å². The summed E-state index contributed by atoms with van der Waals surface area (Å²) in [5.41, 5.74) is 3.17. The Kier molecular flexibility index (Phi) is 8.14. The molecule has 0 saturated heterocycles. The summed E-state index contributed by atoms with van der Waals surface area (Å²) in [6, 6.07) is 13.3. The Morgan fingerprint density at radius 3 is 2.53 bits per heavy atom. The van der Waals surface area contributed by atoms with Crippen molar-refractivity contribution in [3.63, 3.8) is 0 Å². The topological polar surface area (TPSA) is 67.9 Å². The van der Waals surface area contributed by atoms with Crippen LogP contribution < -0.4 is 14.8 Å². The molecular weight excluding hydrogens is 404 g/mol. The highest BCUT2D eigenvalue weighted by Gasteiger charge is 2.29. The number of rotatable bonds is 10. The predicted molar refractivity (Wildman–Crippen MR) is 125 cm³/mol. The first kappa shape index (κ1) is 23.6. The van der Waals surface area contributed by atoms with Gasteiger partial charge in [0, 0.05) is 19.0 Å². The molecule has 6 heteroatoms. The minimum absolute atomic E-state index is 0.0305. The third kappa shape index (κ3) is 5.81. The van der Waals surface area contributed by atoms with Gasteiger partial charge in [-0.05, 0) is 61.9 Å². The molecule has 0 unspecified atom stereocenters. The van der Waals surface area contributed by atoms with E-state index in [1.54, 1.807) is 4.90 Å². The molecule has 172 valence electrons. The Balaban J connectivity index is 1.77. The first-order valence-electron chi connectivity index (χ1n) is 11.5.